The number of hydrogen-bond donors (Lipinski definition) is 1. The molecule has 4 nitrogen and oxygen atoms in total. The second-order valence-corrected chi connectivity index (χ2v) is 6.09. The summed E-state index contributed by atoms with van der Waals surface area (Å²) in [5.41, 5.74) is 10.1. The predicted molar refractivity (Wildman–Crippen MR) is 84.3 cm³/mol. The van der Waals surface area contributed by atoms with Crippen LogP contribution >= 0.6 is 0 Å². The number of ether oxygens (including phenoxy) is 1. The summed E-state index contributed by atoms with van der Waals surface area (Å²) in [6.45, 7) is 7.83. The van der Waals surface area contributed by atoms with Crippen LogP contribution in [0.1, 0.15) is 30.0 Å². The number of carbonyl (C=O) groups is 1. The molecule has 1 heterocycles. The standard InChI is InChI=1S/C17H26N2O2/c1-4-21-17(20)19-10-15(9-16(18)11-19)8-14-6-5-12(2)13(3)7-14/h5-7,15-16H,4,8-11,18H2,1-3H3. The Hall–Kier alpha value is -1.55. The van der Waals surface area contributed by atoms with Crippen LogP contribution in [0.15, 0.2) is 18.2 Å². The van der Waals surface area contributed by atoms with Gasteiger partial charge < -0.3 is 15.4 Å². The van der Waals surface area contributed by atoms with Crippen molar-refractivity contribution in [2.75, 3.05) is 19.7 Å². The zero-order valence-electron chi connectivity index (χ0n) is 13.3. The van der Waals surface area contributed by atoms with Gasteiger partial charge in [-0.15, -0.1) is 0 Å². The van der Waals surface area contributed by atoms with Crippen molar-refractivity contribution in [1.29, 1.82) is 0 Å². The van der Waals surface area contributed by atoms with Gasteiger partial charge in [0.1, 0.15) is 0 Å². The fraction of sp³-hybridized carbons (Fsp3) is 0.588. The van der Waals surface area contributed by atoms with Crippen LogP contribution in [-0.4, -0.2) is 36.7 Å². The molecule has 1 fully saturated rings. The molecule has 1 aliphatic heterocycles. The van der Waals surface area contributed by atoms with E-state index in [0.717, 1.165) is 19.4 Å². The number of likely N-dealkylation sites (tertiary alicyclic amines) is 1. The van der Waals surface area contributed by atoms with Crippen molar-refractivity contribution in [1.82, 2.24) is 4.90 Å². The van der Waals surface area contributed by atoms with Gasteiger partial charge in [-0.1, -0.05) is 18.2 Å². The average molecular weight is 290 g/mol. The molecule has 0 saturated carbocycles. The smallest absolute Gasteiger partial charge is 0.409 e. The van der Waals surface area contributed by atoms with E-state index in [1.165, 1.54) is 16.7 Å². The van der Waals surface area contributed by atoms with Crippen molar-refractivity contribution in [2.45, 2.75) is 39.7 Å². The summed E-state index contributed by atoms with van der Waals surface area (Å²) in [6.07, 6.45) is 1.69. The Bertz CT molecular complexity index is 502. The number of carbonyl (C=O) groups excluding carboxylic acids is 1. The highest BCUT2D eigenvalue weighted by molar-refractivity contribution is 5.67. The van der Waals surface area contributed by atoms with Gasteiger partial charge in [-0.25, -0.2) is 4.79 Å². The van der Waals surface area contributed by atoms with Crippen LogP contribution < -0.4 is 5.73 Å². The molecule has 1 amide bonds. The summed E-state index contributed by atoms with van der Waals surface area (Å²) in [4.78, 5) is 13.6. The number of nitrogens with two attached hydrogens (primary N) is 1. The van der Waals surface area contributed by atoms with Gasteiger partial charge in [-0.2, -0.15) is 0 Å². The molecule has 2 N–H and O–H groups in total. The van der Waals surface area contributed by atoms with Gasteiger partial charge in [0, 0.05) is 19.1 Å². The maximum absolute atomic E-state index is 11.9. The van der Waals surface area contributed by atoms with Crippen molar-refractivity contribution in [3.8, 4) is 0 Å². The van der Waals surface area contributed by atoms with Gasteiger partial charge in [0.2, 0.25) is 0 Å². The third-order valence-electron chi connectivity index (χ3n) is 4.19. The zero-order valence-corrected chi connectivity index (χ0v) is 13.3. The van der Waals surface area contributed by atoms with E-state index in [4.69, 9.17) is 10.5 Å². The molecule has 116 valence electrons. The summed E-state index contributed by atoms with van der Waals surface area (Å²) >= 11 is 0. The fourth-order valence-corrected chi connectivity index (χ4v) is 3.02. The molecule has 4 heteroatoms. The van der Waals surface area contributed by atoms with Crippen molar-refractivity contribution in [3.05, 3.63) is 34.9 Å². The number of piperidine rings is 1. The quantitative estimate of drug-likeness (QED) is 0.931. The van der Waals surface area contributed by atoms with E-state index in [0.29, 0.717) is 19.1 Å². The Morgan fingerprint density at radius 2 is 2.10 bits per heavy atom. The molecule has 1 aromatic rings. The first kappa shape index (κ1) is 15.8. The van der Waals surface area contributed by atoms with Gasteiger partial charge in [-0.05, 0) is 56.2 Å². The van der Waals surface area contributed by atoms with Gasteiger partial charge in [0.15, 0.2) is 0 Å². The van der Waals surface area contributed by atoms with E-state index >= 15 is 0 Å². The lowest BCUT2D eigenvalue weighted by Gasteiger charge is -2.35. The molecule has 2 unspecified atom stereocenters. The molecule has 1 aliphatic rings. The third kappa shape index (κ3) is 4.21. The highest BCUT2D eigenvalue weighted by Crippen LogP contribution is 2.22. The number of hydrogen-bond acceptors (Lipinski definition) is 3. The lowest BCUT2D eigenvalue weighted by Crippen LogP contribution is -2.50. The largest absolute Gasteiger partial charge is 0.450 e. The van der Waals surface area contributed by atoms with Crippen LogP contribution in [0, 0.1) is 19.8 Å². The fourth-order valence-electron chi connectivity index (χ4n) is 3.02. The minimum atomic E-state index is -0.238. The Morgan fingerprint density at radius 3 is 2.76 bits per heavy atom. The number of aryl methyl sites for hydroxylation is 2. The van der Waals surface area contributed by atoms with E-state index in [-0.39, 0.29) is 12.1 Å². The van der Waals surface area contributed by atoms with E-state index in [2.05, 4.69) is 32.0 Å². The Balaban J connectivity index is 2.01. The highest BCUT2D eigenvalue weighted by Gasteiger charge is 2.28. The molecule has 0 bridgehead atoms. The molecule has 2 rings (SSSR count). The van der Waals surface area contributed by atoms with Crippen LogP contribution in [-0.2, 0) is 11.2 Å². The molecule has 21 heavy (non-hydrogen) atoms. The molecule has 0 spiro atoms. The van der Waals surface area contributed by atoms with Crippen molar-refractivity contribution < 1.29 is 9.53 Å². The van der Waals surface area contributed by atoms with Crippen LogP contribution in [0.4, 0.5) is 4.79 Å². The van der Waals surface area contributed by atoms with Crippen LogP contribution in [0.25, 0.3) is 0 Å². The molecule has 1 saturated heterocycles. The molecule has 1 aromatic carbocycles. The van der Waals surface area contributed by atoms with E-state index in [9.17, 15) is 4.79 Å². The maximum Gasteiger partial charge on any atom is 0.409 e. The Morgan fingerprint density at radius 1 is 1.33 bits per heavy atom. The molecule has 2 atom stereocenters. The highest BCUT2D eigenvalue weighted by atomic mass is 16.6. The van der Waals surface area contributed by atoms with Crippen LogP contribution in [0.2, 0.25) is 0 Å². The summed E-state index contributed by atoms with van der Waals surface area (Å²) in [7, 11) is 0. The van der Waals surface area contributed by atoms with Gasteiger partial charge >= 0.3 is 6.09 Å². The zero-order chi connectivity index (χ0) is 15.4. The monoisotopic (exact) mass is 290 g/mol. The molecule has 0 radical (unpaired) electrons. The minimum Gasteiger partial charge on any atom is -0.450 e. The minimum absolute atomic E-state index is 0.0414. The summed E-state index contributed by atoms with van der Waals surface area (Å²) in [5, 5.41) is 0. The average Bonchev–Trinajstić information content (AvgIpc) is 2.42. The Kier molecular flexibility index (Phi) is 5.23. The van der Waals surface area contributed by atoms with Crippen LogP contribution in [0.5, 0.6) is 0 Å². The number of benzene rings is 1. The first-order valence-electron chi connectivity index (χ1n) is 7.73. The second-order valence-electron chi connectivity index (χ2n) is 6.09. The summed E-state index contributed by atoms with van der Waals surface area (Å²) in [5.74, 6) is 0.403. The van der Waals surface area contributed by atoms with Gasteiger partial charge in [0.05, 0.1) is 6.61 Å². The normalized spacial score (nSPS) is 22.2. The van der Waals surface area contributed by atoms with Gasteiger partial charge in [-0.3, -0.25) is 0 Å². The number of nitrogens with zero attached hydrogens (tertiary/aromatic N) is 1. The number of rotatable bonds is 3. The van der Waals surface area contributed by atoms with E-state index < -0.39 is 0 Å². The maximum atomic E-state index is 11.9. The third-order valence-corrected chi connectivity index (χ3v) is 4.19. The summed E-state index contributed by atoms with van der Waals surface area (Å²) in [6, 6.07) is 6.62. The lowest BCUT2D eigenvalue weighted by molar-refractivity contribution is 0.0833. The molecular formula is C17H26N2O2. The molecule has 0 aliphatic carbocycles. The number of amides is 1. The van der Waals surface area contributed by atoms with Crippen LogP contribution in [0.3, 0.4) is 0 Å². The van der Waals surface area contributed by atoms with E-state index in [1.54, 1.807) is 4.90 Å². The first-order valence-corrected chi connectivity index (χ1v) is 7.73. The first-order chi connectivity index (χ1) is 9.99. The van der Waals surface area contributed by atoms with E-state index in [1.807, 2.05) is 6.92 Å². The Labute approximate surface area is 127 Å². The SMILES string of the molecule is CCOC(=O)N1CC(N)CC(Cc2ccc(C)c(C)c2)C1. The summed E-state index contributed by atoms with van der Waals surface area (Å²) < 4.78 is 5.09. The molecule has 0 aromatic heterocycles. The topological polar surface area (TPSA) is 55.6 Å². The van der Waals surface area contributed by atoms with Crippen molar-refractivity contribution in [2.24, 2.45) is 11.7 Å². The predicted octanol–water partition coefficient (Wildman–Crippen LogP) is 2.65. The van der Waals surface area contributed by atoms with Crippen molar-refractivity contribution in [3.63, 3.8) is 0 Å². The molecular weight excluding hydrogens is 264 g/mol. The van der Waals surface area contributed by atoms with Gasteiger partial charge in [0.25, 0.3) is 0 Å². The second kappa shape index (κ2) is 6.94. The van der Waals surface area contributed by atoms with Crippen molar-refractivity contribution >= 4 is 6.09 Å². The lowest BCUT2D eigenvalue weighted by atomic mass is 9.88.